The summed E-state index contributed by atoms with van der Waals surface area (Å²) in [5, 5.41) is 2.74. The molecule has 0 radical (unpaired) electrons. The molecule has 2 rings (SSSR count). The predicted molar refractivity (Wildman–Crippen MR) is 107 cm³/mol. The first-order valence-electron chi connectivity index (χ1n) is 9.21. The van der Waals surface area contributed by atoms with Crippen LogP contribution in [0.3, 0.4) is 0 Å². The highest BCUT2D eigenvalue weighted by atomic mass is 32.2. The fourth-order valence-electron chi connectivity index (χ4n) is 2.78. The van der Waals surface area contributed by atoms with Gasteiger partial charge in [-0.2, -0.15) is 8.78 Å². The Bertz CT molecular complexity index is 954. The molecular weight excluding hydrogens is 418 g/mol. The van der Waals surface area contributed by atoms with E-state index in [0.717, 1.165) is 0 Å². The number of para-hydroxylation sites is 1. The molecule has 0 saturated carbocycles. The molecule has 0 aromatic heterocycles. The highest BCUT2D eigenvalue weighted by Crippen LogP contribution is 2.28. The lowest BCUT2D eigenvalue weighted by Gasteiger charge is -2.20. The van der Waals surface area contributed by atoms with Gasteiger partial charge in [0.25, 0.3) is 5.91 Å². The number of carbonyl (C=O) groups is 1. The molecule has 2 aromatic carbocycles. The van der Waals surface area contributed by atoms with Gasteiger partial charge in [0.05, 0.1) is 17.5 Å². The number of hydrogen-bond donors (Lipinski definition) is 2. The van der Waals surface area contributed by atoms with E-state index in [4.69, 9.17) is 4.74 Å². The molecule has 0 bridgehead atoms. The standard InChI is InChI=1S/C20H24F2N2O5S/c1-3-17(16-9-4-5-10-18(16)29-20(21)22)24-19(25)14-7-6-8-15(13-14)30(26,27)23-11-12-28-2/h4-10,13,17,20,23H,3,11-12H2,1-2H3,(H,24,25). The summed E-state index contributed by atoms with van der Waals surface area (Å²) in [6.07, 6.45) is 0.409. The van der Waals surface area contributed by atoms with Crippen LogP contribution in [0.2, 0.25) is 0 Å². The number of methoxy groups -OCH3 is 1. The first-order valence-corrected chi connectivity index (χ1v) is 10.7. The minimum Gasteiger partial charge on any atom is -0.434 e. The molecule has 0 saturated heterocycles. The van der Waals surface area contributed by atoms with Gasteiger partial charge in [0.2, 0.25) is 10.0 Å². The number of carbonyl (C=O) groups excluding carboxylic acids is 1. The summed E-state index contributed by atoms with van der Waals surface area (Å²) in [6, 6.07) is 11.1. The first kappa shape index (κ1) is 23.7. The maximum atomic E-state index is 12.7. The van der Waals surface area contributed by atoms with Crippen molar-refractivity contribution in [3.05, 3.63) is 59.7 Å². The van der Waals surface area contributed by atoms with Gasteiger partial charge in [-0.3, -0.25) is 4.79 Å². The number of halogens is 2. The Labute approximate surface area is 174 Å². The van der Waals surface area contributed by atoms with Crippen LogP contribution in [0.25, 0.3) is 0 Å². The molecule has 0 aliphatic heterocycles. The molecular formula is C20H24F2N2O5S. The summed E-state index contributed by atoms with van der Waals surface area (Å²) in [5.41, 5.74) is 0.522. The second-order valence-corrected chi connectivity index (χ2v) is 8.04. The van der Waals surface area contributed by atoms with Crippen molar-refractivity contribution in [2.24, 2.45) is 0 Å². The molecule has 30 heavy (non-hydrogen) atoms. The van der Waals surface area contributed by atoms with E-state index in [2.05, 4.69) is 14.8 Å². The van der Waals surface area contributed by atoms with Gasteiger partial charge < -0.3 is 14.8 Å². The zero-order chi connectivity index (χ0) is 22.1. The highest BCUT2D eigenvalue weighted by molar-refractivity contribution is 7.89. The smallest absolute Gasteiger partial charge is 0.387 e. The van der Waals surface area contributed by atoms with E-state index in [9.17, 15) is 22.0 Å². The number of rotatable bonds is 11. The van der Waals surface area contributed by atoms with E-state index in [0.29, 0.717) is 12.0 Å². The summed E-state index contributed by atoms with van der Waals surface area (Å²) in [5.74, 6) is -0.569. The van der Waals surface area contributed by atoms with Crippen LogP contribution in [0.15, 0.2) is 53.4 Å². The van der Waals surface area contributed by atoms with Gasteiger partial charge in [0.1, 0.15) is 5.75 Å². The van der Waals surface area contributed by atoms with Crippen LogP contribution >= 0.6 is 0 Å². The van der Waals surface area contributed by atoms with Gasteiger partial charge in [0.15, 0.2) is 0 Å². The average Bonchev–Trinajstić information content (AvgIpc) is 2.72. The van der Waals surface area contributed by atoms with E-state index < -0.39 is 28.6 Å². The quantitative estimate of drug-likeness (QED) is 0.522. The van der Waals surface area contributed by atoms with E-state index in [-0.39, 0.29) is 29.4 Å². The molecule has 1 atom stereocenters. The van der Waals surface area contributed by atoms with Crippen LogP contribution in [0.4, 0.5) is 8.78 Å². The van der Waals surface area contributed by atoms with Crippen molar-refractivity contribution in [3.63, 3.8) is 0 Å². The maximum Gasteiger partial charge on any atom is 0.387 e. The summed E-state index contributed by atoms with van der Waals surface area (Å²) < 4.78 is 61.8. The van der Waals surface area contributed by atoms with Crippen LogP contribution in [0, 0.1) is 0 Å². The fourth-order valence-corrected chi connectivity index (χ4v) is 3.84. The molecule has 164 valence electrons. The van der Waals surface area contributed by atoms with Gasteiger partial charge in [-0.1, -0.05) is 31.2 Å². The molecule has 7 nitrogen and oxygen atoms in total. The van der Waals surface area contributed by atoms with E-state index in [1.807, 2.05) is 0 Å². The maximum absolute atomic E-state index is 12.7. The average molecular weight is 442 g/mol. The monoisotopic (exact) mass is 442 g/mol. The van der Waals surface area contributed by atoms with Gasteiger partial charge >= 0.3 is 6.61 Å². The van der Waals surface area contributed by atoms with Crippen molar-refractivity contribution in [1.29, 1.82) is 0 Å². The molecule has 1 amide bonds. The number of nitrogens with one attached hydrogen (secondary N) is 2. The van der Waals surface area contributed by atoms with E-state index in [1.54, 1.807) is 25.1 Å². The summed E-state index contributed by atoms with van der Waals surface area (Å²) in [6.45, 7) is -0.914. The number of benzene rings is 2. The summed E-state index contributed by atoms with van der Waals surface area (Å²) >= 11 is 0. The van der Waals surface area contributed by atoms with Gasteiger partial charge in [-0.15, -0.1) is 0 Å². The van der Waals surface area contributed by atoms with Gasteiger partial charge in [0, 0.05) is 24.8 Å². The Morgan fingerprint density at radius 2 is 1.87 bits per heavy atom. The zero-order valence-electron chi connectivity index (χ0n) is 16.6. The summed E-state index contributed by atoms with van der Waals surface area (Å²) in [7, 11) is -2.36. The van der Waals surface area contributed by atoms with E-state index in [1.165, 1.54) is 37.4 Å². The van der Waals surface area contributed by atoms with Crippen molar-refractivity contribution in [2.75, 3.05) is 20.3 Å². The Hall–Kier alpha value is -2.56. The largest absolute Gasteiger partial charge is 0.434 e. The van der Waals surface area contributed by atoms with Crippen molar-refractivity contribution in [2.45, 2.75) is 30.9 Å². The van der Waals surface area contributed by atoms with Crippen LogP contribution in [-0.4, -0.2) is 41.2 Å². The number of hydrogen-bond acceptors (Lipinski definition) is 5. The van der Waals surface area contributed by atoms with Crippen molar-refractivity contribution in [3.8, 4) is 5.75 Å². The summed E-state index contributed by atoms with van der Waals surface area (Å²) in [4.78, 5) is 12.7. The Morgan fingerprint density at radius 3 is 2.53 bits per heavy atom. The SMILES string of the molecule is CCC(NC(=O)c1cccc(S(=O)(=O)NCCOC)c1)c1ccccc1OC(F)F. The Morgan fingerprint density at radius 1 is 1.13 bits per heavy atom. The van der Waals surface area contributed by atoms with Gasteiger partial charge in [-0.05, 0) is 30.7 Å². The van der Waals surface area contributed by atoms with Crippen LogP contribution in [0.5, 0.6) is 5.75 Å². The second-order valence-electron chi connectivity index (χ2n) is 6.27. The molecule has 0 spiro atoms. The van der Waals surface area contributed by atoms with E-state index >= 15 is 0 Å². The molecule has 2 N–H and O–H groups in total. The topological polar surface area (TPSA) is 93.7 Å². The lowest BCUT2D eigenvalue weighted by Crippen LogP contribution is -2.30. The number of sulfonamides is 1. The minimum atomic E-state index is -3.81. The van der Waals surface area contributed by atoms with Crippen molar-refractivity contribution < 1.29 is 31.5 Å². The Kier molecular flexibility index (Phi) is 8.70. The fraction of sp³-hybridized carbons (Fsp3) is 0.350. The Balaban J connectivity index is 2.21. The number of amides is 1. The molecule has 2 aromatic rings. The van der Waals surface area contributed by atoms with Crippen LogP contribution < -0.4 is 14.8 Å². The molecule has 10 heteroatoms. The number of alkyl halides is 2. The third kappa shape index (κ3) is 6.48. The zero-order valence-corrected chi connectivity index (χ0v) is 17.4. The lowest BCUT2D eigenvalue weighted by molar-refractivity contribution is -0.0506. The van der Waals surface area contributed by atoms with Crippen molar-refractivity contribution >= 4 is 15.9 Å². The second kappa shape index (κ2) is 11.0. The minimum absolute atomic E-state index is 0.0293. The highest BCUT2D eigenvalue weighted by Gasteiger charge is 2.21. The molecule has 0 fully saturated rings. The molecule has 0 heterocycles. The first-order chi connectivity index (χ1) is 14.3. The van der Waals surface area contributed by atoms with Crippen LogP contribution in [-0.2, 0) is 14.8 Å². The van der Waals surface area contributed by atoms with Crippen molar-refractivity contribution in [1.82, 2.24) is 10.0 Å². The van der Waals surface area contributed by atoms with Gasteiger partial charge in [-0.25, -0.2) is 13.1 Å². The third-order valence-electron chi connectivity index (χ3n) is 4.23. The normalized spacial score (nSPS) is 12.6. The molecule has 1 unspecified atom stereocenters. The third-order valence-corrected chi connectivity index (χ3v) is 5.69. The van der Waals surface area contributed by atoms with Crippen LogP contribution in [0.1, 0.15) is 35.3 Å². The lowest BCUT2D eigenvalue weighted by atomic mass is 10.0. The molecule has 0 aliphatic rings. The number of ether oxygens (including phenoxy) is 2. The predicted octanol–water partition coefficient (Wildman–Crippen LogP) is 3.09. The molecule has 0 aliphatic carbocycles.